The molecule has 0 saturated carbocycles. The molecule has 9 heteroatoms. The fourth-order valence-electron chi connectivity index (χ4n) is 6.09. The van der Waals surface area contributed by atoms with Crippen LogP contribution < -0.4 is 10.2 Å². The van der Waals surface area contributed by atoms with Crippen molar-refractivity contribution in [3.05, 3.63) is 48.6 Å². The quantitative estimate of drug-likeness (QED) is 0.0266. The van der Waals surface area contributed by atoms with Gasteiger partial charge in [0.05, 0.1) is 0 Å². The van der Waals surface area contributed by atoms with Crippen LogP contribution in [0.2, 0.25) is 0 Å². The van der Waals surface area contributed by atoms with E-state index >= 15 is 0 Å². The van der Waals surface area contributed by atoms with E-state index in [0.717, 1.165) is 25.7 Å². The molecule has 8 nitrogen and oxygen atoms in total. The van der Waals surface area contributed by atoms with Crippen LogP contribution in [0.15, 0.2) is 48.6 Å². The third-order valence-corrected chi connectivity index (χ3v) is 10.0. The third-order valence-electron chi connectivity index (χ3n) is 10.0. The zero-order valence-electron chi connectivity index (χ0n) is 40.2. The Morgan fingerprint density at radius 2 is 0.541 bits per heavy atom. The van der Waals surface area contributed by atoms with Gasteiger partial charge in [-0.05, 0) is 90.9 Å². The number of hydrogen-bond donors (Lipinski definition) is 2. The van der Waals surface area contributed by atoms with Crippen molar-refractivity contribution in [2.45, 2.75) is 259 Å². The summed E-state index contributed by atoms with van der Waals surface area (Å²) in [6, 6.07) is 0. The van der Waals surface area contributed by atoms with Crippen molar-refractivity contribution < 1.29 is 59.1 Å². The van der Waals surface area contributed by atoms with Gasteiger partial charge in [0.2, 0.25) is 0 Å². The molecule has 0 unspecified atom stereocenters. The first-order valence-electron chi connectivity index (χ1n) is 24.3. The molecule has 0 aliphatic rings. The van der Waals surface area contributed by atoms with E-state index in [-0.39, 0.29) is 43.5 Å². The second-order valence-electron chi connectivity index (χ2n) is 16.4. The minimum Gasteiger partial charge on any atom is -0.550 e. The fraction of sp³-hybridized carbons (Fsp3) is 0.769. The van der Waals surface area contributed by atoms with E-state index in [2.05, 4.69) is 51.3 Å². The van der Waals surface area contributed by atoms with Gasteiger partial charge < -0.3 is 30.0 Å². The van der Waals surface area contributed by atoms with Crippen LogP contribution in [0.4, 0.5) is 0 Å². The van der Waals surface area contributed by atoms with Gasteiger partial charge in [-0.25, -0.2) is 9.59 Å². The zero-order valence-corrected chi connectivity index (χ0v) is 43.2. The Kier molecular flexibility index (Phi) is 65.9. The Morgan fingerprint density at radius 1 is 0.377 bits per heavy atom. The Balaban J connectivity index is -0.000000266. The number of rotatable bonds is 40. The fourth-order valence-corrected chi connectivity index (χ4v) is 6.09. The molecule has 0 atom stereocenters. The van der Waals surface area contributed by atoms with Crippen LogP contribution in [0.3, 0.4) is 0 Å². The van der Waals surface area contributed by atoms with Crippen LogP contribution >= 0.6 is 0 Å². The maximum atomic E-state index is 10.3. The third kappa shape index (κ3) is 78.5. The molecule has 0 amide bonds. The summed E-state index contributed by atoms with van der Waals surface area (Å²) < 4.78 is 0. The van der Waals surface area contributed by atoms with Crippen molar-refractivity contribution >= 4 is 23.9 Å². The topological polar surface area (TPSA) is 155 Å². The summed E-state index contributed by atoms with van der Waals surface area (Å²) in [4.78, 5) is 39.7. The van der Waals surface area contributed by atoms with Gasteiger partial charge in [0, 0.05) is 23.1 Å². The first-order valence-corrected chi connectivity index (χ1v) is 24.3. The summed E-state index contributed by atoms with van der Waals surface area (Å²) in [5, 5.41) is 36.3. The van der Waals surface area contributed by atoms with E-state index in [4.69, 9.17) is 10.2 Å². The molecule has 0 aromatic heterocycles. The second-order valence-corrected chi connectivity index (χ2v) is 16.4. The van der Waals surface area contributed by atoms with E-state index in [1.54, 1.807) is 0 Å². The summed E-state index contributed by atoms with van der Waals surface area (Å²) in [5.74, 6) is -3.68. The predicted octanol–water partition coefficient (Wildman–Crippen LogP) is 14.0. The van der Waals surface area contributed by atoms with Gasteiger partial charge in [-0.15, -0.1) is 0 Å². The van der Waals surface area contributed by atoms with Gasteiger partial charge in [0.15, 0.2) is 0 Å². The van der Waals surface area contributed by atoms with Gasteiger partial charge in [-0.1, -0.05) is 205 Å². The van der Waals surface area contributed by atoms with Crippen LogP contribution in [0.25, 0.3) is 0 Å². The number of carbonyl (C=O) groups excluding carboxylic acids is 2. The first-order chi connectivity index (χ1) is 28.8. The smallest absolute Gasteiger partial charge is 0.550 e. The van der Waals surface area contributed by atoms with Crippen molar-refractivity contribution in [2.75, 3.05) is 0 Å². The van der Waals surface area contributed by atoms with Crippen LogP contribution in [-0.2, 0) is 38.7 Å². The van der Waals surface area contributed by atoms with Crippen molar-refractivity contribution in [3.63, 3.8) is 0 Å². The van der Waals surface area contributed by atoms with Gasteiger partial charge in [0.25, 0.3) is 0 Å². The van der Waals surface area contributed by atoms with Gasteiger partial charge in [0.1, 0.15) is 0 Å². The van der Waals surface area contributed by atoms with Crippen LogP contribution in [-0.4, -0.2) is 34.1 Å². The van der Waals surface area contributed by atoms with E-state index in [0.29, 0.717) is 0 Å². The van der Waals surface area contributed by atoms with E-state index in [9.17, 15) is 29.4 Å². The molecule has 0 aromatic rings. The molecule has 0 spiro atoms. The number of aliphatic carboxylic acids is 4. The van der Waals surface area contributed by atoms with Crippen molar-refractivity contribution in [2.24, 2.45) is 0 Å². The molecule has 0 saturated heterocycles. The average Bonchev–Trinajstić information content (AvgIpc) is 3.20. The molecule has 61 heavy (non-hydrogen) atoms. The minimum absolute atomic E-state index is 0. The predicted molar refractivity (Wildman–Crippen MR) is 251 cm³/mol. The van der Waals surface area contributed by atoms with Crippen LogP contribution in [0.5, 0.6) is 0 Å². The molecule has 0 heterocycles. The Hall–Kier alpha value is -2.54. The van der Waals surface area contributed by atoms with Crippen LogP contribution in [0, 0.1) is 0 Å². The summed E-state index contributed by atoms with van der Waals surface area (Å²) in [7, 11) is 0. The number of carbonyl (C=O) groups is 4. The molecule has 0 aliphatic heterocycles. The van der Waals surface area contributed by atoms with E-state index in [1.807, 2.05) is 0 Å². The van der Waals surface area contributed by atoms with E-state index in [1.165, 1.54) is 206 Å². The van der Waals surface area contributed by atoms with Crippen LogP contribution in [0.1, 0.15) is 259 Å². The van der Waals surface area contributed by atoms with Crippen molar-refractivity contribution in [1.29, 1.82) is 0 Å². The zero-order chi connectivity index (χ0) is 45.7. The summed E-state index contributed by atoms with van der Waals surface area (Å²) in [6.45, 7) is 13.7. The second kappa shape index (κ2) is 59.6. The normalized spacial score (nSPS) is 10.4. The summed E-state index contributed by atoms with van der Waals surface area (Å²) >= 11 is 0. The SMILES string of the molecule is C=C(C)C(=O)O.C=C(C)C(=O)O.CCCCCCCC/C=C\CCCCCCCCCCCC(=O)[O-].CCCCCCCC/C=C\CCCCCCCCCCCC(=O)[O-].[Zn+2]. The largest absolute Gasteiger partial charge is 2.00 e. The number of carboxylic acid groups (broad SMARTS) is 4. The van der Waals surface area contributed by atoms with Crippen molar-refractivity contribution in [1.82, 2.24) is 0 Å². The Morgan fingerprint density at radius 3 is 0.705 bits per heavy atom. The Bertz CT molecular complexity index is 946. The minimum atomic E-state index is -0.935. The number of unbranched alkanes of at least 4 members (excludes halogenated alkanes) is 30. The molecule has 0 fully saturated rings. The summed E-state index contributed by atoms with van der Waals surface area (Å²) in [6.07, 6.45) is 53.5. The molecule has 352 valence electrons. The molecule has 0 rings (SSSR count). The van der Waals surface area contributed by atoms with Crippen molar-refractivity contribution in [3.8, 4) is 0 Å². The number of allylic oxidation sites excluding steroid dienone is 4. The Labute approximate surface area is 388 Å². The average molecular weight is 913 g/mol. The molecular formula is C52H94O8Zn. The number of carboxylic acids is 4. The monoisotopic (exact) mass is 911 g/mol. The molecule has 0 aromatic carbocycles. The molecule has 0 bridgehead atoms. The maximum absolute atomic E-state index is 10.3. The van der Waals surface area contributed by atoms with Gasteiger partial charge in [-0.2, -0.15) is 0 Å². The van der Waals surface area contributed by atoms with Gasteiger partial charge >= 0.3 is 31.4 Å². The standard InChI is InChI=1S/2C22H42O2.2C4H6O2.Zn/c2*1-2-3-4-5-6-7-8-9-10-11-12-13-14-15-16-17-18-19-20-21-22(23)24;2*1-3(2)4(5)6;/h2*9-10H,2-8,11-21H2,1H3,(H,23,24);2*1H2,2H3,(H,5,6);/q;;;;+2/p-2/b2*10-9-;;;. The number of hydrogen-bond acceptors (Lipinski definition) is 6. The molecule has 0 aliphatic carbocycles. The first kappa shape index (κ1) is 67.5. The molecular weight excluding hydrogens is 818 g/mol. The van der Waals surface area contributed by atoms with E-state index < -0.39 is 23.9 Å². The maximum Gasteiger partial charge on any atom is 2.00 e. The summed E-state index contributed by atoms with van der Waals surface area (Å²) in [5.41, 5.74) is 0.352. The van der Waals surface area contributed by atoms with Gasteiger partial charge in [-0.3, -0.25) is 0 Å². The molecule has 2 N–H and O–H groups in total. The molecule has 0 radical (unpaired) electrons.